The van der Waals surface area contributed by atoms with Crippen molar-refractivity contribution in [3.8, 4) is 0 Å². The van der Waals surface area contributed by atoms with Gasteiger partial charge in [-0.25, -0.2) is 0 Å². The summed E-state index contributed by atoms with van der Waals surface area (Å²) < 4.78 is 0. The number of nitrogens with zero attached hydrogens (tertiary/aromatic N) is 3. The largest absolute Gasteiger partial charge is 0.253 e. The van der Waals surface area contributed by atoms with Crippen LogP contribution in [-0.4, -0.2) is 15.0 Å². The van der Waals surface area contributed by atoms with Gasteiger partial charge in [-0.15, -0.1) is 0 Å². The van der Waals surface area contributed by atoms with Gasteiger partial charge in [-0.1, -0.05) is 261 Å². The molecular weight excluding hydrogens is 907 g/mol. The Labute approximate surface area is 462 Å². The summed E-state index contributed by atoms with van der Waals surface area (Å²) in [5, 5.41) is 7.01. The van der Waals surface area contributed by atoms with E-state index in [1.54, 1.807) is 33.4 Å². The van der Waals surface area contributed by atoms with Crippen molar-refractivity contribution in [1.29, 1.82) is 0 Å². The predicted molar refractivity (Wildman–Crippen MR) is 343 cm³/mol. The first-order valence-corrected chi connectivity index (χ1v) is 30.7. The van der Waals surface area contributed by atoms with Crippen molar-refractivity contribution < 1.29 is 0 Å². The summed E-state index contributed by atoms with van der Waals surface area (Å²) in [5.74, 6) is 0. The molecule has 3 aromatic carbocycles. The summed E-state index contributed by atoms with van der Waals surface area (Å²) in [4.78, 5) is 14.7. The van der Waals surface area contributed by atoms with Gasteiger partial charge in [0.2, 0.25) is 0 Å². The molecule has 0 unspecified atom stereocenters. The molecule has 3 aliphatic carbocycles. The highest BCUT2D eigenvalue weighted by molar-refractivity contribution is 5.96. The number of aromatic nitrogens is 3. The quantitative estimate of drug-likeness (QED) is 0.145. The van der Waals surface area contributed by atoms with E-state index < -0.39 is 0 Å². The van der Waals surface area contributed by atoms with Crippen LogP contribution in [0.4, 0.5) is 0 Å². The van der Waals surface area contributed by atoms with Crippen LogP contribution in [0, 0.1) is 0 Å². The number of hydrogen-bond acceptors (Lipinski definition) is 3. The van der Waals surface area contributed by atoms with Gasteiger partial charge in [-0.3, -0.25) is 15.0 Å². The summed E-state index contributed by atoms with van der Waals surface area (Å²) in [5.41, 5.74) is 22.9. The van der Waals surface area contributed by atoms with Gasteiger partial charge in [0.15, 0.2) is 0 Å². The SMILES string of the molecule is CCC.CCC.CCC.CCC.CCC.CCC.CCC1=C(CC)c2c(CC)nc3ccccc3c2C1.CCC1=C(CC)c2c(c(CC)nc3ccccc23)C1.CCC1=c2c(CC)nc3ccccc3c2=C(CC)C1. The molecule has 3 aromatic heterocycles. The lowest BCUT2D eigenvalue weighted by atomic mass is 9.96. The summed E-state index contributed by atoms with van der Waals surface area (Å²) in [6, 6.07) is 25.8. The maximum atomic E-state index is 4.90. The number of allylic oxidation sites excluding steroid dienone is 4. The molecule has 0 bridgehead atoms. The molecule has 0 spiro atoms. The van der Waals surface area contributed by atoms with E-state index in [1.807, 2.05) is 0 Å². The topological polar surface area (TPSA) is 38.7 Å². The standard InChI is InChI=1S/3C18H21N.6C3H8/c1-4-12-11-15-16(6-3)19-17-10-8-7-9-14(17)18(15)13(12)5-2;1-4-12-11-15-14-9-7-8-10-17(14)19-16(6-3)18(15)13(12)5-2;1-4-12-11-13(5-2)18-15(6-3)19-16-10-8-7-9-14(16)17(12)18;6*1-3-2/h3*7-10H,4-6,11H2,1-3H3;6*3H2,1-2H3. The molecule has 9 rings (SSSR count). The van der Waals surface area contributed by atoms with Gasteiger partial charge in [-0.05, 0) is 128 Å². The fourth-order valence-electron chi connectivity index (χ4n) is 10.1. The lowest BCUT2D eigenvalue weighted by Gasteiger charge is -2.12. The molecule has 0 N–H and O–H groups in total. The highest BCUT2D eigenvalue weighted by atomic mass is 14.7. The first kappa shape index (κ1) is 68.1. The molecule has 0 atom stereocenters. The van der Waals surface area contributed by atoms with Crippen LogP contribution >= 0.6 is 0 Å². The van der Waals surface area contributed by atoms with E-state index in [-0.39, 0.29) is 0 Å². The Morgan fingerprint density at radius 1 is 0.280 bits per heavy atom. The van der Waals surface area contributed by atoms with Crippen LogP contribution in [0.15, 0.2) is 83.9 Å². The molecule has 0 radical (unpaired) electrons. The number of fused-ring (bicyclic) bond motifs is 9. The highest BCUT2D eigenvalue weighted by Crippen LogP contribution is 2.43. The Kier molecular flexibility index (Phi) is 35.1. The van der Waals surface area contributed by atoms with Gasteiger partial charge in [0, 0.05) is 44.0 Å². The van der Waals surface area contributed by atoms with E-state index in [4.69, 9.17) is 15.0 Å². The highest BCUT2D eigenvalue weighted by Gasteiger charge is 2.26. The molecule has 3 heteroatoms. The molecule has 3 heterocycles. The Bertz CT molecular complexity index is 2760. The summed E-state index contributed by atoms with van der Waals surface area (Å²) >= 11 is 0. The first-order valence-electron chi connectivity index (χ1n) is 30.7. The third-order valence-electron chi connectivity index (χ3n) is 12.9. The normalized spacial score (nSPS) is 12.3. The number of aryl methyl sites for hydroxylation is 3. The molecule has 0 saturated heterocycles. The number of hydrogen-bond donors (Lipinski definition) is 0. The van der Waals surface area contributed by atoms with E-state index in [2.05, 4.69) is 218 Å². The minimum Gasteiger partial charge on any atom is -0.253 e. The zero-order valence-electron chi connectivity index (χ0n) is 52.5. The lowest BCUT2D eigenvalue weighted by molar-refractivity contribution is 0.969. The molecule has 0 fully saturated rings. The molecule has 0 amide bonds. The molecule has 0 saturated carbocycles. The van der Waals surface area contributed by atoms with Crippen LogP contribution in [-0.2, 0) is 32.1 Å². The van der Waals surface area contributed by atoms with Crippen LogP contribution in [0.3, 0.4) is 0 Å². The molecule has 414 valence electrons. The van der Waals surface area contributed by atoms with Crippen LogP contribution in [0.5, 0.6) is 0 Å². The molecule has 3 nitrogen and oxygen atoms in total. The van der Waals surface area contributed by atoms with Crippen molar-refractivity contribution in [2.45, 2.75) is 261 Å². The number of benzene rings is 3. The van der Waals surface area contributed by atoms with Gasteiger partial charge in [0.25, 0.3) is 0 Å². The van der Waals surface area contributed by atoms with E-state index in [9.17, 15) is 0 Å². The Morgan fingerprint density at radius 2 is 0.613 bits per heavy atom. The smallest absolute Gasteiger partial charge is 0.0711 e. The summed E-state index contributed by atoms with van der Waals surface area (Å²) in [7, 11) is 0. The van der Waals surface area contributed by atoms with Crippen molar-refractivity contribution in [2.75, 3.05) is 0 Å². The zero-order valence-corrected chi connectivity index (χ0v) is 52.5. The van der Waals surface area contributed by atoms with Crippen LogP contribution in [0.25, 0.3) is 55.0 Å². The molecule has 75 heavy (non-hydrogen) atoms. The van der Waals surface area contributed by atoms with Crippen molar-refractivity contribution in [3.05, 3.63) is 134 Å². The average molecular weight is 1020 g/mol. The average Bonchev–Trinajstić information content (AvgIpc) is 4.14. The number of pyridine rings is 3. The molecule has 6 aromatic rings. The number of rotatable bonds is 9. The van der Waals surface area contributed by atoms with E-state index in [0.29, 0.717) is 0 Å². The Balaban J connectivity index is 0.000000484. The first-order chi connectivity index (χ1) is 36.4. The third-order valence-corrected chi connectivity index (χ3v) is 12.9. The van der Waals surface area contributed by atoms with Crippen molar-refractivity contribution >= 4 is 55.0 Å². The van der Waals surface area contributed by atoms with Crippen molar-refractivity contribution in [1.82, 2.24) is 15.0 Å². The minimum absolute atomic E-state index is 1.02. The van der Waals surface area contributed by atoms with Gasteiger partial charge >= 0.3 is 0 Å². The predicted octanol–water partition coefficient (Wildman–Crippen LogP) is 21.7. The van der Waals surface area contributed by atoms with Gasteiger partial charge in [0.05, 0.1) is 16.6 Å². The van der Waals surface area contributed by atoms with Crippen molar-refractivity contribution in [3.63, 3.8) is 0 Å². The Morgan fingerprint density at radius 3 is 1.04 bits per heavy atom. The monoisotopic (exact) mass is 1020 g/mol. The van der Waals surface area contributed by atoms with Crippen LogP contribution in [0.2, 0.25) is 0 Å². The van der Waals surface area contributed by atoms with Gasteiger partial charge in [-0.2, -0.15) is 0 Å². The Hall–Kier alpha value is -4.89. The van der Waals surface area contributed by atoms with E-state index in [0.717, 1.165) is 93.6 Å². The van der Waals surface area contributed by atoms with Gasteiger partial charge < -0.3 is 0 Å². The molecule has 0 aliphatic heterocycles. The maximum absolute atomic E-state index is 4.90. The van der Waals surface area contributed by atoms with Crippen LogP contribution < -0.4 is 10.4 Å². The maximum Gasteiger partial charge on any atom is 0.0711 e. The third kappa shape index (κ3) is 18.4. The van der Waals surface area contributed by atoms with Crippen molar-refractivity contribution in [2.24, 2.45) is 0 Å². The lowest BCUT2D eigenvalue weighted by Crippen LogP contribution is -2.30. The van der Waals surface area contributed by atoms with E-state index >= 15 is 0 Å². The zero-order chi connectivity index (χ0) is 56.5. The van der Waals surface area contributed by atoms with Crippen LogP contribution in [0.1, 0.15) is 268 Å². The second kappa shape index (κ2) is 38.6. The summed E-state index contributed by atoms with van der Waals surface area (Å²) in [6.07, 6.45) is 20.9. The molecule has 3 aliphatic rings. The van der Waals surface area contributed by atoms with Gasteiger partial charge in [0.1, 0.15) is 0 Å². The second-order valence-electron chi connectivity index (χ2n) is 20.0. The van der Waals surface area contributed by atoms with E-state index in [1.165, 1.54) is 104 Å². The minimum atomic E-state index is 1.02. The fraction of sp³-hybridized carbons (Fsp3) is 0.542. The number of para-hydroxylation sites is 3. The fourth-order valence-corrected chi connectivity index (χ4v) is 10.1. The second-order valence-corrected chi connectivity index (χ2v) is 20.0. The summed E-state index contributed by atoms with van der Waals surface area (Å²) in [6.45, 7) is 45.8. The molecular formula is C72H111N3.